The summed E-state index contributed by atoms with van der Waals surface area (Å²) in [7, 11) is -3.69. The molecule has 0 spiro atoms. The normalized spacial score (nSPS) is 12.6. The molecule has 0 saturated heterocycles. The summed E-state index contributed by atoms with van der Waals surface area (Å²) < 4.78 is 30.9. The SMILES string of the molecule is CCOc1ccc(N([C@H](C)C(=O)N/N=C\c2ccncc2)S(C)(=O)=O)cc1. The number of aromatic nitrogens is 1. The van der Waals surface area contributed by atoms with E-state index in [1.807, 2.05) is 6.92 Å². The quantitative estimate of drug-likeness (QED) is 0.547. The van der Waals surface area contributed by atoms with Crippen molar-refractivity contribution in [3.05, 3.63) is 54.4 Å². The van der Waals surface area contributed by atoms with Crippen molar-refractivity contribution in [1.82, 2.24) is 10.4 Å². The second-order valence-electron chi connectivity index (χ2n) is 5.68. The summed E-state index contributed by atoms with van der Waals surface area (Å²) in [5.74, 6) is 0.0633. The van der Waals surface area contributed by atoms with E-state index in [2.05, 4.69) is 15.5 Å². The van der Waals surface area contributed by atoms with E-state index in [9.17, 15) is 13.2 Å². The smallest absolute Gasteiger partial charge is 0.263 e. The highest BCUT2D eigenvalue weighted by atomic mass is 32.2. The lowest BCUT2D eigenvalue weighted by molar-refractivity contribution is -0.121. The number of carbonyl (C=O) groups is 1. The number of nitrogens with one attached hydrogen (secondary N) is 1. The van der Waals surface area contributed by atoms with E-state index in [4.69, 9.17) is 4.74 Å². The van der Waals surface area contributed by atoms with Crippen LogP contribution in [-0.2, 0) is 14.8 Å². The molecule has 1 N–H and O–H groups in total. The molecule has 1 aromatic heterocycles. The molecule has 0 bridgehead atoms. The highest BCUT2D eigenvalue weighted by Crippen LogP contribution is 2.24. The summed E-state index contributed by atoms with van der Waals surface area (Å²) in [6.45, 7) is 3.85. The summed E-state index contributed by atoms with van der Waals surface area (Å²) >= 11 is 0. The van der Waals surface area contributed by atoms with Gasteiger partial charge in [0.1, 0.15) is 11.8 Å². The Morgan fingerprint density at radius 2 is 1.89 bits per heavy atom. The summed E-state index contributed by atoms with van der Waals surface area (Å²) in [5.41, 5.74) is 3.48. The maximum Gasteiger partial charge on any atom is 0.263 e. The maximum atomic E-state index is 12.4. The number of amides is 1. The maximum absolute atomic E-state index is 12.4. The van der Waals surface area contributed by atoms with Crippen LogP contribution in [0.25, 0.3) is 0 Å². The Hall–Kier alpha value is -2.94. The first-order valence-corrected chi connectivity index (χ1v) is 10.1. The zero-order chi connectivity index (χ0) is 19.9. The first-order chi connectivity index (χ1) is 12.8. The summed E-state index contributed by atoms with van der Waals surface area (Å²) in [4.78, 5) is 16.3. The van der Waals surface area contributed by atoms with Gasteiger partial charge in [-0.05, 0) is 55.8 Å². The van der Waals surface area contributed by atoms with E-state index in [-0.39, 0.29) is 0 Å². The molecule has 0 saturated carbocycles. The van der Waals surface area contributed by atoms with Crippen LogP contribution in [0.4, 0.5) is 5.69 Å². The van der Waals surface area contributed by atoms with E-state index in [0.717, 1.165) is 16.1 Å². The predicted molar refractivity (Wildman–Crippen MR) is 104 cm³/mol. The molecule has 0 fully saturated rings. The predicted octanol–water partition coefficient (Wildman–Crippen LogP) is 1.79. The molecule has 9 heteroatoms. The number of rotatable bonds is 8. The number of carbonyl (C=O) groups excluding carboxylic acids is 1. The lowest BCUT2D eigenvalue weighted by Crippen LogP contribution is -2.46. The first kappa shape index (κ1) is 20.4. The van der Waals surface area contributed by atoms with Gasteiger partial charge in [-0.1, -0.05) is 0 Å². The Morgan fingerprint density at radius 3 is 2.44 bits per heavy atom. The Kier molecular flexibility index (Phi) is 6.89. The van der Waals surface area contributed by atoms with Gasteiger partial charge in [0.2, 0.25) is 10.0 Å². The van der Waals surface area contributed by atoms with Gasteiger partial charge in [0.05, 0.1) is 24.8 Å². The molecule has 27 heavy (non-hydrogen) atoms. The molecule has 1 atom stereocenters. The fourth-order valence-electron chi connectivity index (χ4n) is 2.38. The van der Waals surface area contributed by atoms with Crippen LogP contribution >= 0.6 is 0 Å². The number of hydrazone groups is 1. The van der Waals surface area contributed by atoms with Gasteiger partial charge < -0.3 is 4.74 Å². The van der Waals surface area contributed by atoms with Crippen LogP contribution < -0.4 is 14.5 Å². The molecule has 2 rings (SSSR count). The number of pyridine rings is 1. The number of sulfonamides is 1. The number of anilines is 1. The van der Waals surface area contributed by atoms with Gasteiger partial charge in [-0.25, -0.2) is 13.8 Å². The van der Waals surface area contributed by atoms with Crippen molar-refractivity contribution in [2.24, 2.45) is 5.10 Å². The van der Waals surface area contributed by atoms with Crippen molar-refractivity contribution in [3.63, 3.8) is 0 Å². The van der Waals surface area contributed by atoms with Crippen molar-refractivity contribution in [3.8, 4) is 5.75 Å². The Bertz CT molecular complexity index is 883. The summed E-state index contributed by atoms with van der Waals surface area (Å²) in [5, 5.41) is 3.87. The van der Waals surface area contributed by atoms with E-state index in [0.29, 0.717) is 18.0 Å². The molecule has 8 nitrogen and oxygen atoms in total. The monoisotopic (exact) mass is 390 g/mol. The van der Waals surface area contributed by atoms with Gasteiger partial charge in [0.25, 0.3) is 5.91 Å². The average Bonchev–Trinajstić information content (AvgIpc) is 2.63. The lowest BCUT2D eigenvalue weighted by atomic mass is 10.2. The Balaban J connectivity index is 2.15. The molecule has 1 amide bonds. The minimum absolute atomic E-state index is 0.363. The van der Waals surface area contributed by atoms with Crippen LogP contribution in [0.5, 0.6) is 5.75 Å². The molecule has 1 aromatic carbocycles. The first-order valence-electron chi connectivity index (χ1n) is 8.28. The fraction of sp³-hybridized carbons (Fsp3) is 0.278. The van der Waals surface area contributed by atoms with E-state index >= 15 is 0 Å². The third-order valence-electron chi connectivity index (χ3n) is 3.59. The van der Waals surface area contributed by atoms with Gasteiger partial charge in [-0.3, -0.25) is 14.1 Å². The molecule has 0 unspecified atom stereocenters. The standard InChI is InChI=1S/C18H22N4O4S/c1-4-26-17-7-5-16(6-8-17)22(27(3,24)25)14(2)18(23)21-20-13-15-9-11-19-12-10-15/h5-14H,4H2,1-3H3,(H,21,23)/b20-13-/t14-/m1/s1. The largest absolute Gasteiger partial charge is 0.494 e. The van der Waals surface area contributed by atoms with Crippen molar-refractivity contribution in [1.29, 1.82) is 0 Å². The van der Waals surface area contributed by atoms with E-state index in [1.54, 1.807) is 48.8 Å². The summed E-state index contributed by atoms with van der Waals surface area (Å²) in [6.07, 6.45) is 5.70. The van der Waals surface area contributed by atoms with Crippen molar-refractivity contribution in [2.45, 2.75) is 19.9 Å². The average molecular weight is 390 g/mol. The van der Waals surface area contributed by atoms with Crippen molar-refractivity contribution >= 4 is 27.8 Å². The molecular weight excluding hydrogens is 368 g/mol. The topological polar surface area (TPSA) is 101 Å². The van der Waals surface area contributed by atoms with Gasteiger partial charge in [-0.15, -0.1) is 0 Å². The highest BCUT2D eigenvalue weighted by Gasteiger charge is 2.29. The number of hydrogen-bond donors (Lipinski definition) is 1. The van der Waals surface area contributed by atoms with Gasteiger partial charge in [-0.2, -0.15) is 5.10 Å². The minimum atomic E-state index is -3.69. The van der Waals surface area contributed by atoms with Crippen LogP contribution in [0, 0.1) is 0 Å². The van der Waals surface area contributed by atoms with Crippen molar-refractivity contribution < 1.29 is 17.9 Å². The molecule has 0 aliphatic carbocycles. The third kappa shape index (κ3) is 5.78. The second-order valence-corrected chi connectivity index (χ2v) is 7.54. The number of nitrogens with zero attached hydrogens (tertiary/aromatic N) is 3. The number of benzene rings is 1. The van der Waals surface area contributed by atoms with Crippen LogP contribution in [0.15, 0.2) is 53.9 Å². The van der Waals surface area contributed by atoms with E-state index in [1.165, 1.54) is 13.1 Å². The van der Waals surface area contributed by atoms with Crippen LogP contribution in [-0.4, -0.2) is 44.4 Å². The number of hydrogen-bond acceptors (Lipinski definition) is 6. The molecule has 0 radical (unpaired) electrons. The zero-order valence-electron chi connectivity index (χ0n) is 15.4. The fourth-order valence-corrected chi connectivity index (χ4v) is 3.55. The molecule has 0 aliphatic rings. The van der Waals surface area contributed by atoms with Gasteiger partial charge in [0, 0.05) is 12.4 Å². The summed E-state index contributed by atoms with van der Waals surface area (Å²) in [6, 6.07) is 8.95. The molecular formula is C18H22N4O4S. The third-order valence-corrected chi connectivity index (χ3v) is 4.83. The Morgan fingerprint density at radius 1 is 1.26 bits per heavy atom. The van der Waals surface area contributed by atoms with Crippen molar-refractivity contribution in [2.75, 3.05) is 17.2 Å². The van der Waals surface area contributed by atoms with E-state index < -0.39 is 22.0 Å². The molecule has 2 aromatic rings. The lowest BCUT2D eigenvalue weighted by Gasteiger charge is -2.27. The molecule has 1 heterocycles. The second kappa shape index (κ2) is 9.13. The molecule has 0 aliphatic heterocycles. The van der Waals surface area contributed by atoms with Crippen LogP contribution in [0.2, 0.25) is 0 Å². The zero-order valence-corrected chi connectivity index (χ0v) is 16.2. The van der Waals surface area contributed by atoms with Crippen LogP contribution in [0.3, 0.4) is 0 Å². The Labute approximate surface area is 158 Å². The molecule has 144 valence electrons. The van der Waals surface area contributed by atoms with Gasteiger partial charge >= 0.3 is 0 Å². The van der Waals surface area contributed by atoms with Crippen LogP contribution in [0.1, 0.15) is 19.4 Å². The van der Waals surface area contributed by atoms with Gasteiger partial charge in [0.15, 0.2) is 0 Å². The number of ether oxygens (including phenoxy) is 1. The minimum Gasteiger partial charge on any atom is -0.494 e. The highest BCUT2D eigenvalue weighted by molar-refractivity contribution is 7.92.